The zero-order chi connectivity index (χ0) is 21.7. The molecule has 0 aliphatic carbocycles. The number of aromatic amines is 1. The lowest BCUT2D eigenvalue weighted by Crippen LogP contribution is -2.27. The Bertz CT molecular complexity index is 1020. The van der Waals surface area contributed by atoms with E-state index in [1.165, 1.54) is 5.56 Å². The minimum absolute atomic E-state index is 0.0160. The highest BCUT2D eigenvalue weighted by atomic mass is 16.2. The van der Waals surface area contributed by atoms with E-state index in [1.54, 1.807) is 0 Å². The molecule has 2 amide bonds. The normalized spacial score (nSPS) is 11.3. The number of carbonyl (C=O) groups is 2. The molecular formula is C24H30N4O2. The van der Waals surface area contributed by atoms with Crippen LogP contribution in [0.3, 0.4) is 0 Å². The van der Waals surface area contributed by atoms with Gasteiger partial charge in [-0.1, -0.05) is 39.8 Å². The Kier molecular flexibility index (Phi) is 6.87. The Balaban J connectivity index is 1.61. The largest absolute Gasteiger partial charge is 0.352 e. The van der Waals surface area contributed by atoms with Crippen LogP contribution in [0.5, 0.6) is 0 Å². The van der Waals surface area contributed by atoms with E-state index in [-0.39, 0.29) is 17.7 Å². The summed E-state index contributed by atoms with van der Waals surface area (Å²) < 4.78 is 0. The van der Waals surface area contributed by atoms with Crippen LogP contribution in [-0.2, 0) is 17.6 Å². The molecule has 0 saturated heterocycles. The fourth-order valence-electron chi connectivity index (χ4n) is 3.03. The van der Waals surface area contributed by atoms with Crippen molar-refractivity contribution >= 4 is 28.5 Å². The number of aryl methyl sites for hydroxylation is 2. The van der Waals surface area contributed by atoms with Crippen molar-refractivity contribution in [2.45, 2.75) is 40.5 Å². The Morgan fingerprint density at radius 1 is 1.00 bits per heavy atom. The smallest absolute Gasteiger partial charge is 0.251 e. The molecule has 0 fully saturated rings. The molecule has 0 aliphatic heterocycles. The lowest BCUT2D eigenvalue weighted by Gasteiger charge is -2.08. The van der Waals surface area contributed by atoms with Gasteiger partial charge in [0.25, 0.3) is 5.91 Å². The summed E-state index contributed by atoms with van der Waals surface area (Å²) in [5.74, 6) is 1.21. The molecule has 1 heterocycles. The predicted octanol–water partition coefficient (Wildman–Crippen LogP) is 4.33. The number of amides is 2. The van der Waals surface area contributed by atoms with Crippen molar-refractivity contribution in [3.63, 3.8) is 0 Å². The first-order valence-corrected chi connectivity index (χ1v) is 10.5. The van der Waals surface area contributed by atoms with E-state index >= 15 is 0 Å². The molecule has 0 spiro atoms. The molecule has 6 heteroatoms. The summed E-state index contributed by atoms with van der Waals surface area (Å²) in [5.41, 5.74) is 4.35. The van der Waals surface area contributed by atoms with Crippen LogP contribution in [0, 0.1) is 11.8 Å². The number of nitrogens with one attached hydrogen (secondary N) is 3. The second-order valence-corrected chi connectivity index (χ2v) is 8.36. The number of imidazole rings is 1. The minimum Gasteiger partial charge on any atom is -0.352 e. The van der Waals surface area contributed by atoms with Crippen LogP contribution >= 0.6 is 0 Å². The third-order valence-electron chi connectivity index (χ3n) is 4.86. The monoisotopic (exact) mass is 406 g/mol. The summed E-state index contributed by atoms with van der Waals surface area (Å²) in [7, 11) is 0. The topological polar surface area (TPSA) is 86.9 Å². The van der Waals surface area contributed by atoms with Crippen LogP contribution in [0.1, 0.15) is 49.4 Å². The fourth-order valence-corrected chi connectivity index (χ4v) is 3.03. The maximum absolute atomic E-state index is 12.3. The van der Waals surface area contributed by atoms with Crippen LogP contribution in [0.25, 0.3) is 11.0 Å². The first-order chi connectivity index (χ1) is 14.3. The van der Waals surface area contributed by atoms with Crippen molar-refractivity contribution in [3.8, 4) is 0 Å². The summed E-state index contributed by atoms with van der Waals surface area (Å²) in [4.78, 5) is 32.0. The van der Waals surface area contributed by atoms with E-state index in [2.05, 4.69) is 34.4 Å². The first-order valence-electron chi connectivity index (χ1n) is 10.5. The quantitative estimate of drug-likeness (QED) is 0.520. The molecule has 6 nitrogen and oxygen atoms in total. The minimum atomic E-state index is -0.0635. The van der Waals surface area contributed by atoms with Crippen LogP contribution in [0.2, 0.25) is 0 Å². The van der Waals surface area contributed by atoms with Gasteiger partial charge in [-0.3, -0.25) is 9.59 Å². The maximum atomic E-state index is 12.3. The number of benzene rings is 2. The fraction of sp³-hybridized carbons (Fsp3) is 0.375. The van der Waals surface area contributed by atoms with Gasteiger partial charge in [-0.2, -0.15) is 0 Å². The second kappa shape index (κ2) is 9.57. The number of anilines is 1. The molecule has 0 radical (unpaired) electrons. The summed E-state index contributed by atoms with van der Waals surface area (Å²) >= 11 is 0. The van der Waals surface area contributed by atoms with Crippen LogP contribution < -0.4 is 10.6 Å². The van der Waals surface area contributed by atoms with Crippen molar-refractivity contribution in [1.82, 2.24) is 15.3 Å². The van der Waals surface area contributed by atoms with Gasteiger partial charge in [-0.05, 0) is 48.2 Å². The van der Waals surface area contributed by atoms with Gasteiger partial charge in [0.15, 0.2) is 0 Å². The average molecular weight is 407 g/mol. The molecular weight excluding hydrogens is 376 g/mol. The molecule has 0 bridgehead atoms. The summed E-state index contributed by atoms with van der Waals surface area (Å²) in [6, 6.07) is 13.4. The lowest BCUT2D eigenvalue weighted by atomic mass is 10.1. The Labute approximate surface area is 177 Å². The van der Waals surface area contributed by atoms with Gasteiger partial charge < -0.3 is 15.6 Å². The first kappa shape index (κ1) is 21.6. The van der Waals surface area contributed by atoms with Gasteiger partial charge in [-0.25, -0.2) is 4.98 Å². The molecule has 3 N–H and O–H groups in total. The van der Waals surface area contributed by atoms with Crippen molar-refractivity contribution in [3.05, 3.63) is 59.4 Å². The van der Waals surface area contributed by atoms with Gasteiger partial charge in [0.1, 0.15) is 5.82 Å². The number of aromatic nitrogens is 2. The number of H-pyrrole nitrogens is 1. The number of nitrogens with zero attached hydrogens (tertiary/aromatic N) is 1. The average Bonchev–Trinajstić information content (AvgIpc) is 3.13. The predicted molar refractivity (Wildman–Crippen MR) is 121 cm³/mol. The molecule has 30 heavy (non-hydrogen) atoms. The molecule has 1 aromatic heterocycles. The summed E-state index contributed by atoms with van der Waals surface area (Å²) in [6.07, 6.45) is 1.60. The van der Waals surface area contributed by atoms with Crippen molar-refractivity contribution in [1.29, 1.82) is 0 Å². The SMILES string of the molecule is CC(C)CNC(=O)c1ccc2nc(CCc3ccc(NC(=O)C(C)C)cc3)[nH]c2c1. The molecule has 0 aliphatic rings. The molecule has 0 saturated carbocycles. The zero-order valence-electron chi connectivity index (χ0n) is 18.1. The third kappa shape index (κ3) is 5.69. The summed E-state index contributed by atoms with van der Waals surface area (Å²) in [5, 5.41) is 5.84. The summed E-state index contributed by atoms with van der Waals surface area (Å²) in [6.45, 7) is 8.54. The van der Waals surface area contributed by atoms with E-state index in [0.29, 0.717) is 18.0 Å². The zero-order valence-corrected chi connectivity index (χ0v) is 18.1. The highest BCUT2D eigenvalue weighted by Crippen LogP contribution is 2.16. The third-order valence-corrected chi connectivity index (χ3v) is 4.86. The van der Waals surface area contributed by atoms with E-state index in [0.717, 1.165) is 35.4 Å². The molecule has 3 rings (SSSR count). The van der Waals surface area contributed by atoms with E-state index in [1.807, 2.05) is 56.3 Å². The molecule has 2 aromatic carbocycles. The van der Waals surface area contributed by atoms with E-state index in [4.69, 9.17) is 0 Å². The standard InChI is InChI=1S/C24H30N4O2/c1-15(2)14-25-24(30)18-8-11-20-21(13-18)28-22(27-20)12-7-17-5-9-19(10-6-17)26-23(29)16(3)4/h5-6,8-11,13,15-16H,7,12,14H2,1-4H3,(H,25,30)(H,26,29)(H,27,28). The number of hydrogen-bond acceptors (Lipinski definition) is 3. The van der Waals surface area contributed by atoms with Crippen molar-refractivity contribution in [2.75, 3.05) is 11.9 Å². The molecule has 158 valence electrons. The molecule has 0 atom stereocenters. The Morgan fingerprint density at radius 3 is 2.40 bits per heavy atom. The second-order valence-electron chi connectivity index (χ2n) is 8.36. The van der Waals surface area contributed by atoms with Crippen molar-refractivity contribution in [2.24, 2.45) is 11.8 Å². The van der Waals surface area contributed by atoms with Crippen LogP contribution in [0.4, 0.5) is 5.69 Å². The van der Waals surface area contributed by atoms with Gasteiger partial charge in [0.05, 0.1) is 11.0 Å². The van der Waals surface area contributed by atoms with Gasteiger partial charge in [0, 0.05) is 30.1 Å². The maximum Gasteiger partial charge on any atom is 0.251 e. The Morgan fingerprint density at radius 2 is 1.73 bits per heavy atom. The van der Waals surface area contributed by atoms with Crippen molar-refractivity contribution < 1.29 is 9.59 Å². The highest BCUT2D eigenvalue weighted by molar-refractivity contribution is 5.97. The van der Waals surface area contributed by atoms with Gasteiger partial charge >= 0.3 is 0 Å². The number of fused-ring (bicyclic) bond motifs is 1. The van der Waals surface area contributed by atoms with Crippen LogP contribution in [-0.4, -0.2) is 28.3 Å². The van der Waals surface area contributed by atoms with Crippen LogP contribution in [0.15, 0.2) is 42.5 Å². The lowest BCUT2D eigenvalue weighted by molar-refractivity contribution is -0.118. The number of rotatable bonds is 8. The van der Waals surface area contributed by atoms with Gasteiger partial charge in [0.2, 0.25) is 5.91 Å². The number of hydrogen-bond donors (Lipinski definition) is 3. The Hall–Kier alpha value is -3.15. The van der Waals surface area contributed by atoms with E-state index < -0.39 is 0 Å². The van der Waals surface area contributed by atoms with E-state index in [9.17, 15) is 9.59 Å². The highest BCUT2D eigenvalue weighted by Gasteiger charge is 2.10. The van der Waals surface area contributed by atoms with Gasteiger partial charge in [-0.15, -0.1) is 0 Å². The molecule has 0 unspecified atom stereocenters. The molecule has 3 aromatic rings. The number of carbonyl (C=O) groups excluding carboxylic acids is 2.